The zero-order valence-corrected chi connectivity index (χ0v) is 13.0. The van der Waals surface area contributed by atoms with Crippen LogP contribution in [0.3, 0.4) is 0 Å². The number of aromatic nitrogens is 2. The van der Waals surface area contributed by atoms with Gasteiger partial charge in [0, 0.05) is 25.5 Å². The van der Waals surface area contributed by atoms with Crippen LogP contribution in [0, 0.1) is 0 Å². The van der Waals surface area contributed by atoms with Crippen molar-refractivity contribution in [3.63, 3.8) is 0 Å². The number of fused-ring (bicyclic) bond motifs is 1. The Balaban J connectivity index is 1.49. The Labute approximate surface area is 139 Å². The summed E-state index contributed by atoms with van der Waals surface area (Å²) < 4.78 is 5.35. The van der Waals surface area contributed by atoms with Crippen molar-refractivity contribution >= 4 is 28.7 Å². The molecule has 2 N–H and O–H groups in total. The lowest BCUT2D eigenvalue weighted by Gasteiger charge is -2.27. The maximum atomic E-state index is 12.0. The largest absolute Gasteiger partial charge is 0.378 e. The number of carbonyl (C=O) groups is 1. The van der Waals surface area contributed by atoms with Gasteiger partial charge in [0.15, 0.2) is 0 Å². The molecular formula is C17H17N5O2. The topological polar surface area (TPSA) is 79.4 Å². The van der Waals surface area contributed by atoms with Crippen molar-refractivity contribution < 1.29 is 9.53 Å². The van der Waals surface area contributed by atoms with Gasteiger partial charge < -0.3 is 20.3 Å². The number of nitrogens with zero attached hydrogens (tertiary/aromatic N) is 3. The number of carbonyl (C=O) groups excluding carboxylic acids is 1. The second-order valence-corrected chi connectivity index (χ2v) is 5.56. The molecule has 1 fully saturated rings. The number of nitrogens with one attached hydrogen (secondary N) is 2. The molecule has 0 saturated carbocycles. The van der Waals surface area contributed by atoms with Gasteiger partial charge in [-0.3, -0.25) is 9.78 Å². The second-order valence-electron chi connectivity index (χ2n) is 5.56. The number of anilines is 3. The van der Waals surface area contributed by atoms with Crippen molar-refractivity contribution in [2.24, 2.45) is 0 Å². The zero-order chi connectivity index (χ0) is 16.4. The van der Waals surface area contributed by atoms with Gasteiger partial charge in [0.25, 0.3) is 5.91 Å². The third kappa shape index (κ3) is 2.81. The summed E-state index contributed by atoms with van der Waals surface area (Å²) in [7, 11) is 0. The van der Waals surface area contributed by atoms with E-state index in [2.05, 4.69) is 25.5 Å². The van der Waals surface area contributed by atoms with E-state index in [1.54, 1.807) is 24.7 Å². The standard InChI is InChI=1S/C17H17N5O2/c23-17-13(16-14(21-17)2-1-5-18-16)11-19-12-3-4-15(20-10-12)22-6-8-24-9-7-22/h1-5,10-11,19H,6-9H2,(H,21,23). The molecule has 24 heavy (non-hydrogen) atoms. The van der Waals surface area contributed by atoms with E-state index < -0.39 is 0 Å². The fourth-order valence-electron chi connectivity index (χ4n) is 2.76. The summed E-state index contributed by atoms with van der Waals surface area (Å²) in [5.41, 5.74) is 2.73. The SMILES string of the molecule is O=C1Nc2cccnc2C1=CNc1ccc(N2CCOCC2)nc1. The van der Waals surface area contributed by atoms with Crippen LogP contribution in [0.2, 0.25) is 0 Å². The van der Waals surface area contributed by atoms with Crippen molar-refractivity contribution in [1.29, 1.82) is 0 Å². The number of amides is 1. The smallest absolute Gasteiger partial charge is 0.259 e. The minimum atomic E-state index is -0.158. The molecule has 2 aliphatic rings. The van der Waals surface area contributed by atoms with Gasteiger partial charge in [0.2, 0.25) is 0 Å². The third-order valence-electron chi connectivity index (χ3n) is 4.02. The van der Waals surface area contributed by atoms with E-state index in [4.69, 9.17) is 4.74 Å². The Morgan fingerprint density at radius 2 is 2.08 bits per heavy atom. The minimum absolute atomic E-state index is 0.158. The molecule has 0 radical (unpaired) electrons. The highest BCUT2D eigenvalue weighted by Gasteiger charge is 2.24. The molecule has 4 rings (SSSR count). The summed E-state index contributed by atoms with van der Waals surface area (Å²) in [6.45, 7) is 3.17. The Morgan fingerprint density at radius 3 is 2.88 bits per heavy atom. The first kappa shape index (κ1) is 14.6. The van der Waals surface area contributed by atoms with Crippen LogP contribution in [0.15, 0.2) is 42.9 Å². The highest BCUT2D eigenvalue weighted by molar-refractivity contribution is 6.31. The predicted molar refractivity (Wildman–Crippen MR) is 91.7 cm³/mol. The van der Waals surface area contributed by atoms with Crippen LogP contribution in [0.25, 0.3) is 5.57 Å². The fourth-order valence-corrected chi connectivity index (χ4v) is 2.76. The first-order chi connectivity index (χ1) is 11.8. The van der Waals surface area contributed by atoms with E-state index in [-0.39, 0.29) is 5.91 Å². The number of ether oxygens (including phenoxy) is 1. The summed E-state index contributed by atoms with van der Waals surface area (Å²) in [6.07, 6.45) is 5.10. The average Bonchev–Trinajstić information content (AvgIpc) is 2.96. The summed E-state index contributed by atoms with van der Waals surface area (Å²) in [4.78, 5) is 22.9. The van der Waals surface area contributed by atoms with Gasteiger partial charge in [0.05, 0.1) is 36.4 Å². The number of morpholine rings is 1. The highest BCUT2D eigenvalue weighted by atomic mass is 16.5. The van der Waals surface area contributed by atoms with Crippen molar-refractivity contribution in [3.05, 3.63) is 48.6 Å². The summed E-state index contributed by atoms with van der Waals surface area (Å²) in [6, 6.07) is 7.54. The quantitative estimate of drug-likeness (QED) is 0.837. The molecule has 7 nitrogen and oxygen atoms in total. The fraction of sp³-hybridized carbons (Fsp3) is 0.235. The normalized spacial score (nSPS) is 18.4. The average molecular weight is 323 g/mol. The van der Waals surface area contributed by atoms with Crippen LogP contribution < -0.4 is 15.5 Å². The van der Waals surface area contributed by atoms with Crippen molar-refractivity contribution in [3.8, 4) is 0 Å². The summed E-state index contributed by atoms with van der Waals surface area (Å²) >= 11 is 0. The predicted octanol–water partition coefficient (Wildman–Crippen LogP) is 1.72. The van der Waals surface area contributed by atoms with E-state index in [0.717, 1.165) is 43.5 Å². The van der Waals surface area contributed by atoms with Gasteiger partial charge in [-0.05, 0) is 24.3 Å². The number of hydrogen-bond acceptors (Lipinski definition) is 6. The van der Waals surface area contributed by atoms with Gasteiger partial charge in [0.1, 0.15) is 11.5 Å². The molecule has 0 spiro atoms. The Hall–Kier alpha value is -2.93. The lowest BCUT2D eigenvalue weighted by Crippen LogP contribution is -2.36. The van der Waals surface area contributed by atoms with Gasteiger partial charge in [-0.1, -0.05) is 0 Å². The zero-order valence-electron chi connectivity index (χ0n) is 13.0. The van der Waals surface area contributed by atoms with Crippen molar-refractivity contribution in [2.45, 2.75) is 0 Å². The molecule has 1 amide bonds. The van der Waals surface area contributed by atoms with Crippen LogP contribution in [-0.2, 0) is 9.53 Å². The molecule has 2 aliphatic heterocycles. The Morgan fingerprint density at radius 1 is 1.21 bits per heavy atom. The molecule has 0 atom stereocenters. The van der Waals surface area contributed by atoms with Gasteiger partial charge in [-0.25, -0.2) is 4.98 Å². The van der Waals surface area contributed by atoms with Gasteiger partial charge in [-0.15, -0.1) is 0 Å². The third-order valence-corrected chi connectivity index (χ3v) is 4.02. The Kier molecular flexibility index (Phi) is 3.84. The second kappa shape index (κ2) is 6.29. The van der Waals surface area contributed by atoms with Crippen LogP contribution in [-0.4, -0.2) is 42.2 Å². The monoisotopic (exact) mass is 323 g/mol. The van der Waals surface area contributed by atoms with Crippen LogP contribution >= 0.6 is 0 Å². The number of rotatable bonds is 3. The van der Waals surface area contributed by atoms with Crippen LogP contribution in [0.1, 0.15) is 5.69 Å². The van der Waals surface area contributed by atoms with Crippen molar-refractivity contribution in [1.82, 2.24) is 9.97 Å². The van der Waals surface area contributed by atoms with Gasteiger partial charge in [-0.2, -0.15) is 0 Å². The summed E-state index contributed by atoms with van der Waals surface area (Å²) in [5, 5.41) is 5.91. The first-order valence-corrected chi connectivity index (χ1v) is 7.83. The molecule has 0 aromatic carbocycles. The molecule has 0 aliphatic carbocycles. The Bertz CT molecular complexity index is 782. The van der Waals surface area contributed by atoms with Crippen LogP contribution in [0.4, 0.5) is 17.2 Å². The van der Waals surface area contributed by atoms with E-state index in [1.165, 1.54) is 0 Å². The molecular weight excluding hydrogens is 306 g/mol. The van der Waals surface area contributed by atoms with E-state index in [9.17, 15) is 4.79 Å². The number of hydrogen-bond donors (Lipinski definition) is 2. The summed E-state index contributed by atoms with van der Waals surface area (Å²) in [5.74, 6) is 0.774. The van der Waals surface area contributed by atoms with Gasteiger partial charge >= 0.3 is 0 Å². The maximum Gasteiger partial charge on any atom is 0.259 e. The van der Waals surface area contributed by atoms with E-state index in [0.29, 0.717) is 11.3 Å². The van der Waals surface area contributed by atoms with Crippen LogP contribution in [0.5, 0.6) is 0 Å². The lowest BCUT2D eigenvalue weighted by atomic mass is 10.2. The first-order valence-electron chi connectivity index (χ1n) is 7.83. The number of pyridine rings is 2. The molecule has 0 bridgehead atoms. The molecule has 2 aromatic heterocycles. The molecule has 7 heteroatoms. The molecule has 1 saturated heterocycles. The maximum absolute atomic E-state index is 12.0. The lowest BCUT2D eigenvalue weighted by molar-refractivity contribution is -0.110. The van der Waals surface area contributed by atoms with Crippen molar-refractivity contribution in [2.75, 3.05) is 41.8 Å². The minimum Gasteiger partial charge on any atom is -0.378 e. The molecule has 4 heterocycles. The molecule has 122 valence electrons. The molecule has 0 unspecified atom stereocenters. The highest BCUT2D eigenvalue weighted by Crippen LogP contribution is 2.29. The van der Waals surface area contributed by atoms with E-state index >= 15 is 0 Å². The van der Waals surface area contributed by atoms with E-state index in [1.807, 2.05) is 18.2 Å². The molecule has 2 aromatic rings.